The summed E-state index contributed by atoms with van der Waals surface area (Å²) in [4.78, 5) is 37.6. The number of para-hydroxylation sites is 2. The number of anilines is 1. The van der Waals surface area contributed by atoms with Crippen molar-refractivity contribution in [1.82, 2.24) is 5.32 Å². The number of methoxy groups -OCH3 is 2. The van der Waals surface area contributed by atoms with Crippen LogP contribution in [0.3, 0.4) is 0 Å². The van der Waals surface area contributed by atoms with Crippen LogP contribution in [0.2, 0.25) is 0 Å². The summed E-state index contributed by atoms with van der Waals surface area (Å²) in [5, 5.41) is 5.41. The highest BCUT2D eigenvalue weighted by atomic mass is 32.2. The molecule has 1 unspecified atom stereocenters. The molecular weight excluding hydrogens is 420 g/mol. The Labute approximate surface area is 185 Å². The molecule has 2 aromatic carbocycles. The van der Waals surface area contributed by atoms with Gasteiger partial charge in [0.1, 0.15) is 5.75 Å². The zero-order valence-corrected chi connectivity index (χ0v) is 18.5. The second-order valence-corrected chi connectivity index (χ2v) is 7.38. The van der Waals surface area contributed by atoms with Crippen LogP contribution in [-0.2, 0) is 19.1 Å². The number of hydrogen-bond donors (Lipinski definition) is 2. The van der Waals surface area contributed by atoms with Crippen molar-refractivity contribution in [2.45, 2.75) is 17.9 Å². The molecule has 2 amide bonds. The Hall–Kier alpha value is -3.04. The molecule has 2 aromatic rings. The van der Waals surface area contributed by atoms with Crippen molar-refractivity contribution >= 4 is 35.2 Å². The largest absolute Gasteiger partial charge is 0.495 e. The Morgan fingerprint density at radius 3 is 2.48 bits per heavy atom. The van der Waals surface area contributed by atoms with Gasteiger partial charge in [-0.3, -0.25) is 9.59 Å². The first-order valence-corrected chi connectivity index (χ1v) is 10.6. The minimum Gasteiger partial charge on any atom is -0.495 e. The van der Waals surface area contributed by atoms with Gasteiger partial charge in [-0.25, -0.2) is 4.79 Å². The fourth-order valence-corrected chi connectivity index (χ4v) is 3.38. The van der Waals surface area contributed by atoms with Crippen LogP contribution in [0.5, 0.6) is 5.75 Å². The Kier molecular flexibility index (Phi) is 9.86. The number of rotatable bonds is 11. The van der Waals surface area contributed by atoms with E-state index in [1.807, 2.05) is 0 Å². The molecule has 31 heavy (non-hydrogen) atoms. The van der Waals surface area contributed by atoms with Gasteiger partial charge in [-0.05, 0) is 31.2 Å². The lowest BCUT2D eigenvalue weighted by Crippen LogP contribution is -2.30. The van der Waals surface area contributed by atoms with Crippen molar-refractivity contribution < 1.29 is 28.6 Å². The summed E-state index contributed by atoms with van der Waals surface area (Å²) in [6, 6.07) is 13.7. The molecule has 8 nitrogen and oxygen atoms in total. The first-order valence-electron chi connectivity index (χ1n) is 9.58. The number of nitrogens with one attached hydrogen (secondary N) is 2. The fraction of sp³-hybridized carbons (Fsp3) is 0.318. The fourth-order valence-electron chi connectivity index (χ4n) is 2.51. The van der Waals surface area contributed by atoms with Crippen LogP contribution in [0.15, 0.2) is 53.4 Å². The van der Waals surface area contributed by atoms with Crippen molar-refractivity contribution in [2.24, 2.45) is 0 Å². The van der Waals surface area contributed by atoms with E-state index in [0.717, 1.165) is 0 Å². The second kappa shape index (κ2) is 12.6. The zero-order valence-electron chi connectivity index (χ0n) is 17.7. The van der Waals surface area contributed by atoms with Gasteiger partial charge in [0.05, 0.1) is 30.7 Å². The molecular formula is C22H26N2O6S. The van der Waals surface area contributed by atoms with E-state index < -0.39 is 18.0 Å². The van der Waals surface area contributed by atoms with E-state index in [1.165, 1.54) is 25.8 Å². The predicted octanol–water partition coefficient (Wildman–Crippen LogP) is 2.73. The number of benzene rings is 2. The molecule has 0 bridgehead atoms. The summed E-state index contributed by atoms with van der Waals surface area (Å²) in [5.74, 6) is -0.668. The average molecular weight is 447 g/mol. The SMILES string of the molecule is COCCNC(=O)CSc1ccccc1C(=O)OC(C)C(=O)Nc1ccccc1OC. The maximum atomic E-state index is 12.7. The Balaban J connectivity index is 1.96. The van der Waals surface area contributed by atoms with Gasteiger partial charge >= 0.3 is 5.97 Å². The van der Waals surface area contributed by atoms with Crippen LogP contribution >= 0.6 is 11.8 Å². The average Bonchev–Trinajstić information content (AvgIpc) is 2.78. The summed E-state index contributed by atoms with van der Waals surface area (Å²) < 4.78 is 15.4. The summed E-state index contributed by atoms with van der Waals surface area (Å²) >= 11 is 1.21. The monoisotopic (exact) mass is 446 g/mol. The van der Waals surface area contributed by atoms with E-state index in [0.29, 0.717) is 29.5 Å². The van der Waals surface area contributed by atoms with E-state index in [2.05, 4.69) is 10.6 Å². The Morgan fingerprint density at radius 2 is 1.74 bits per heavy atom. The smallest absolute Gasteiger partial charge is 0.340 e. The van der Waals surface area contributed by atoms with Crippen LogP contribution in [0, 0.1) is 0 Å². The van der Waals surface area contributed by atoms with Gasteiger partial charge in [0.15, 0.2) is 6.10 Å². The van der Waals surface area contributed by atoms with Gasteiger partial charge in [0.2, 0.25) is 5.91 Å². The van der Waals surface area contributed by atoms with Gasteiger partial charge in [0, 0.05) is 18.6 Å². The molecule has 0 fully saturated rings. The highest BCUT2D eigenvalue weighted by Gasteiger charge is 2.22. The summed E-state index contributed by atoms with van der Waals surface area (Å²) in [5.41, 5.74) is 0.766. The minimum absolute atomic E-state index is 0.137. The molecule has 0 saturated carbocycles. The van der Waals surface area contributed by atoms with Crippen molar-refractivity contribution in [3.05, 3.63) is 54.1 Å². The summed E-state index contributed by atoms with van der Waals surface area (Å²) in [7, 11) is 3.06. The second-order valence-electron chi connectivity index (χ2n) is 6.36. The normalized spacial score (nSPS) is 11.3. The van der Waals surface area contributed by atoms with Gasteiger partial charge in [-0.1, -0.05) is 24.3 Å². The van der Waals surface area contributed by atoms with E-state index >= 15 is 0 Å². The first kappa shape index (κ1) is 24.2. The number of carbonyl (C=O) groups is 3. The zero-order chi connectivity index (χ0) is 22.6. The molecule has 2 N–H and O–H groups in total. The lowest BCUT2D eigenvalue weighted by Gasteiger charge is -2.16. The lowest BCUT2D eigenvalue weighted by molar-refractivity contribution is -0.123. The third kappa shape index (κ3) is 7.62. The highest BCUT2D eigenvalue weighted by molar-refractivity contribution is 8.00. The van der Waals surface area contributed by atoms with E-state index in [1.54, 1.807) is 55.6 Å². The van der Waals surface area contributed by atoms with Crippen molar-refractivity contribution in [3.63, 3.8) is 0 Å². The standard InChI is InChI=1S/C22H26N2O6S/c1-15(21(26)24-17-9-5-6-10-18(17)29-3)30-22(27)16-8-4-7-11-19(16)31-14-20(25)23-12-13-28-2/h4-11,15H,12-14H2,1-3H3,(H,23,25)(H,24,26). The molecule has 2 rings (SSSR count). The maximum Gasteiger partial charge on any atom is 0.340 e. The van der Waals surface area contributed by atoms with Gasteiger partial charge in [-0.15, -0.1) is 11.8 Å². The molecule has 0 aliphatic carbocycles. The molecule has 166 valence electrons. The summed E-state index contributed by atoms with van der Waals surface area (Å²) in [6.07, 6.45) is -1.03. The number of ether oxygens (including phenoxy) is 3. The number of thioether (sulfide) groups is 1. The van der Waals surface area contributed by atoms with Crippen molar-refractivity contribution in [1.29, 1.82) is 0 Å². The molecule has 0 aliphatic heterocycles. The molecule has 0 heterocycles. The number of esters is 1. The third-order valence-corrected chi connectivity index (χ3v) is 5.19. The molecule has 9 heteroatoms. The van der Waals surface area contributed by atoms with Gasteiger partial charge in [0.25, 0.3) is 5.91 Å². The molecule has 1 atom stereocenters. The van der Waals surface area contributed by atoms with Crippen LogP contribution < -0.4 is 15.4 Å². The van der Waals surface area contributed by atoms with Crippen LogP contribution in [0.4, 0.5) is 5.69 Å². The maximum absolute atomic E-state index is 12.7. The number of amides is 2. The highest BCUT2D eigenvalue weighted by Crippen LogP contribution is 2.25. The molecule has 0 aliphatic rings. The Bertz CT molecular complexity index is 905. The van der Waals surface area contributed by atoms with Crippen LogP contribution in [-0.4, -0.2) is 57.0 Å². The molecule has 0 aromatic heterocycles. The minimum atomic E-state index is -1.03. The van der Waals surface area contributed by atoms with Crippen LogP contribution in [0.1, 0.15) is 17.3 Å². The molecule has 0 radical (unpaired) electrons. The van der Waals surface area contributed by atoms with E-state index in [4.69, 9.17) is 14.2 Å². The summed E-state index contributed by atoms with van der Waals surface area (Å²) in [6.45, 7) is 2.33. The number of hydrogen-bond acceptors (Lipinski definition) is 7. The van der Waals surface area contributed by atoms with E-state index in [-0.39, 0.29) is 17.2 Å². The van der Waals surface area contributed by atoms with Gasteiger partial charge < -0.3 is 24.8 Å². The quantitative estimate of drug-likeness (QED) is 0.311. The topological polar surface area (TPSA) is 103 Å². The predicted molar refractivity (Wildman–Crippen MR) is 119 cm³/mol. The first-order chi connectivity index (χ1) is 15.0. The van der Waals surface area contributed by atoms with Crippen molar-refractivity contribution in [2.75, 3.05) is 38.4 Å². The molecule has 0 spiro atoms. The van der Waals surface area contributed by atoms with Crippen LogP contribution in [0.25, 0.3) is 0 Å². The number of carbonyl (C=O) groups excluding carboxylic acids is 3. The molecule has 0 saturated heterocycles. The lowest BCUT2D eigenvalue weighted by atomic mass is 10.2. The third-order valence-electron chi connectivity index (χ3n) is 4.11. The Morgan fingerprint density at radius 1 is 1.03 bits per heavy atom. The van der Waals surface area contributed by atoms with Crippen molar-refractivity contribution in [3.8, 4) is 5.75 Å². The van der Waals surface area contributed by atoms with E-state index in [9.17, 15) is 14.4 Å². The van der Waals surface area contributed by atoms with Gasteiger partial charge in [-0.2, -0.15) is 0 Å².